The molecule has 0 aromatic heterocycles. The van der Waals surface area contributed by atoms with Crippen LogP contribution in [0.2, 0.25) is 0 Å². The summed E-state index contributed by atoms with van der Waals surface area (Å²) in [5, 5.41) is 3.06. The van der Waals surface area contributed by atoms with Gasteiger partial charge in [-0.2, -0.15) is 0 Å². The molecule has 0 atom stereocenters. The van der Waals surface area contributed by atoms with Crippen LogP contribution in [-0.4, -0.2) is 21.4 Å². The van der Waals surface area contributed by atoms with Crippen LogP contribution in [0.5, 0.6) is 0 Å². The van der Waals surface area contributed by atoms with Crippen molar-refractivity contribution in [2.45, 2.75) is 31.2 Å². The minimum atomic E-state index is -3.47. The van der Waals surface area contributed by atoms with E-state index in [1.54, 1.807) is 12.1 Å². The van der Waals surface area contributed by atoms with Crippen LogP contribution in [0.15, 0.2) is 58.4 Å². The Kier molecular flexibility index (Phi) is 6.17. The first-order chi connectivity index (χ1) is 11.8. The lowest BCUT2D eigenvalue weighted by molar-refractivity contribution is 0.588. The zero-order valence-corrected chi connectivity index (χ0v) is 15.5. The lowest BCUT2D eigenvalue weighted by Gasteiger charge is -2.10. The highest BCUT2D eigenvalue weighted by Gasteiger charge is 2.11. The van der Waals surface area contributed by atoms with Gasteiger partial charge < -0.3 is 11.1 Å². The summed E-state index contributed by atoms with van der Waals surface area (Å²) in [4.78, 5) is 4.49. The number of rotatable bonds is 6. The molecule has 6 nitrogen and oxygen atoms in total. The Morgan fingerprint density at radius 2 is 1.88 bits per heavy atom. The molecule has 0 heterocycles. The molecule has 0 unspecified atom stereocenters. The van der Waals surface area contributed by atoms with E-state index in [-0.39, 0.29) is 17.4 Å². The number of hydrogen-bond acceptors (Lipinski definition) is 3. The summed E-state index contributed by atoms with van der Waals surface area (Å²) >= 11 is 0. The van der Waals surface area contributed by atoms with Gasteiger partial charge in [0.2, 0.25) is 10.0 Å². The molecule has 0 saturated carbocycles. The molecule has 0 saturated heterocycles. The van der Waals surface area contributed by atoms with Gasteiger partial charge >= 0.3 is 0 Å². The van der Waals surface area contributed by atoms with Gasteiger partial charge in [-0.1, -0.05) is 38.1 Å². The van der Waals surface area contributed by atoms with E-state index in [0.717, 1.165) is 11.3 Å². The fourth-order valence-electron chi connectivity index (χ4n) is 2.27. The van der Waals surface area contributed by atoms with Gasteiger partial charge in [-0.05, 0) is 48.4 Å². The van der Waals surface area contributed by atoms with Crippen LogP contribution >= 0.6 is 0 Å². The van der Waals surface area contributed by atoms with Gasteiger partial charge in [0.15, 0.2) is 5.96 Å². The van der Waals surface area contributed by atoms with E-state index in [2.05, 4.69) is 34.9 Å². The van der Waals surface area contributed by atoms with Gasteiger partial charge in [0.25, 0.3) is 0 Å². The Balaban J connectivity index is 2.09. The summed E-state index contributed by atoms with van der Waals surface area (Å²) in [5.74, 6) is 0.708. The quantitative estimate of drug-likeness (QED) is 0.545. The first-order valence-corrected chi connectivity index (χ1v) is 9.49. The monoisotopic (exact) mass is 360 g/mol. The number of benzene rings is 2. The van der Waals surface area contributed by atoms with Gasteiger partial charge in [0.1, 0.15) is 0 Å². The van der Waals surface area contributed by atoms with E-state index >= 15 is 0 Å². The highest BCUT2D eigenvalue weighted by atomic mass is 32.2. The van der Waals surface area contributed by atoms with E-state index in [0.29, 0.717) is 5.92 Å². The maximum Gasteiger partial charge on any atom is 0.240 e. The Morgan fingerprint density at radius 3 is 2.56 bits per heavy atom. The van der Waals surface area contributed by atoms with Crippen LogP contribution in [0.1, 0.15) is 30.9 Å². The lowest BCUT2D eigenvalue weighted by atomic mass is 10.0. The third kappa shape index (κ3) is 5.30. The molecule has 4 N–H and O–H groups in total. The Hall–Kier alpha value is -2.38. The van der Waals surface area contributed by atoms with Crippen LogP contribution < -0.4 is 15.8 Å². The fourth-order valence-corrected chi connectivity index (χ4v) is 3.07. The van der Waals surface area contributed by atoms with E-state index in [4.69, 9.17) is 5.73 Å². The van der Waals surface area contributed by atoms with Crippen molar-refractivity contribution in [2.75, 3.05) is 12.4 Å². The van der Waals surface area contributed by atoms with E-state index in [9.17, 15) is 8.42 Å². The minimum Gasteiger partial charge on any atom is -0.370 e. The van der Waals surface area contributed by atoms with Gasteiger partial charge in [-0.3, -0.25) is 0 Å². The van der Waals surface area contributed by atoms with Gasteiger partial charge in [0.05, 0.1) is 11.4 Å². The van der Waals surface area contributed by atoms with Crippen molar-refractivity contribution in [3.05, 3.63) is 59.7 Å². The summed E-state index contributed by atoms with van der Waals surface area (Å²) in [6, 6.07) is 14.6. The third-order valence-electron chi connectivity index (χ3n) is 3.74. The molecule has 0 aliphatic carbocycles. The Bertz CT molecular complexity index is 861. The second kappa shape index (κ2) is 8.13. The topological polar surface area (TPSA) is 96.6 Å². The molecular weight excluding hydrogens is 336 g/mol. The van der Waals surface area contributed by atoms with Crippen molar-refractivity contribution in [1.29, 1.82) is 0 Å². The second-order valence-corrected chi connectivity index (χ2v) is 7.85. The SMILES string of the molecule is CNS(=O)(=O)c1cccc(CN=C(N)Nc2cccc(C(C)C)c2)c1. The first-order valence-electron chi connectivity index (χ1n) is 8.01. The molecule has 25 heavy (non-hydrogen) atoms. The lowest BCUT2D eigenvalue weighted by Crippen LogP contribution is -2.22. The molecular formula is C18H24N4O2S. The average molecular weight is 360 g/mol. The third-order valence-corrected chi connectivity index (χ3v) is 5.15. The molecule has 2 rings (SSSR count). The normalized spacial score (nSPS) is 12.4. The standard InChI is InChI=1S/C18H24N4O2S/c1-13(2)15-7-5-8-16(11-15)22-18(19)21-12-14-6-4-9-17(10-14)25(23,24)20-3/h4-11,13,20H,12H2,1-3H3,(H3,19,21,22). The maximum atomic E-state index is 11.8. The second-order valence-electron chi connectivity index (χ2n) is 5.96. The predicted octanol–water partition coefficient (Wildman–Crippen LogP) is 2.64. The molecule has 0 spiro atoms. The summed E-state index contributed by atoms with van der Waals surface area (Å²) in [6.45, 7) is 4.54. The smallest absolute Gasteiger partial charge is 0.240 e. The van der Waals surface area contributed by atoms with E-state index in [1.165, 1.54) is 18.7 Å². The molecule has 0 amide bonds. The Labute approximate surface area is 149 Å². The van der Waals surface area contributed by atoms with Crippen molar-refractivity contribution >= 4 is 21.7 Å². The Morgan fingerprint density at radius 1 is 1.16 bits per heavy atom. The van der Waals surface area contributed by atoms with Gasteiger partial charge in [-0.25, -0.2) is 18.1 Å². The zero-order chi connectivity index (χ0) is 18.4. The van der Waals surface area contributed by atoms with Crippen molar-refractivity contribution in [2.24, 2.45) is 10.7 Å². The highest BCUT2D eigenvalue weighted by molar-refractivity contribution is 7.89. The number of aliphatic imine (C=N–C) groups is 1. The van der Waals surface area contributed by atoms with Crippen LogP contribution in [-0.2, 0) is 16.6 Å². The number of hydrogen-bond donors (Lipinski definition) is 3. The van der Waals surface area contributed by atoms with E-state index in [1.807, 2.05) is 24.3 Å². The number of nitrogens with zero attached hydrogens (tertiary/aromatic N) is 1. The van der Waals surface area contributed by atoms with E-state index < -0.39 is 10.0 Å². The number of guanidine groups is 1. The highest BCUT2D eigenvalue weighted by Crippen LogP contribution is 2.18. The summed E-state index contributed by atoms with van der Waals surface area (Å²) in [6.07, 6.45) is 0. The largest absolute Gasteiger partial charge is 0.370 e. The van der Waals surface area contributed by atoms with Crippen molar-refractivity contribution in [3.63, 3.8) is 0 Å². The fraction of sp³-hybridized carbons (Fsp3) is 0.278. The molecule has 0 aliphatic heterocycles. The number of sulfonamides is 1. The molecule has 7 heteroatoms. The number of nitrogens with two attached hydrogens (primary N) is 1. The van der Waals surface area contributed by atoms with Crippen LogP contribution in [0.25, 0.3) is 0 Å². The predicted molar refractivity (Wildman–Crippen MR) is 102 cm³/mol. The van der Waals surface area contributed by atoms with Crippen LogP contribution in [0, 0.1) is 0 Å². The summed E-state index contributed by atoms with van der Waals surface area (Å²) in [5.41, 5.74) is 8.78. The van der Waals surface area contributed by atoms with Crippen LogP contribution in [0.3, 0.4) is 0 Å². The van der Waals surface area contributed by atoms with Crippen LogP contribution in [0.4, 0.5) is 5.69 Å². The molecule has 0 fully saturated rings. The summed E-state index contributed by atoms with van der Waals surface area (Å²) in [7, 11) is -2.08. The molecule has 0 aliphatic rings. The zero-order valence-electron chi connectivity index (χ0n) is 14.7. The minimum absolute atomic E-state index is 0.207. The molecule has 2 aromatic rings. The molecule has 0 bridgehead atoms. The van der Waals surface area contributed by atoms with Crippen molar-refractivity contribution < 1.29 is 8.42 Å². The molecule has 0 radical (unpaired) electrons. The maximum absolute atomic E-state index is 11.8. The van der Waals surface area contributed by atoms with Gasteiger partial charge in [-0.15, -0.1) is 0 Å². The number of nitrogens with one attached hydrogen (secondary N) is 2. The average Bonchev–Trinajstić information content (AvgIpc) is 2.60. The molecule has 2 aromatic carbocycles. The first kappa shape index (κ1) is 19.0. The molecule has 134 valence electrons. The number of anilines is 1. The van der Waals surface area contributed by atoms with Crippen molar-refractivity contribution in [3.8, 4) is 0 Å². The van der Waals surface area contributed by atoms with Crippen molar-refractivity contribution in [1.82, 2.24) is 4.72 Å². The van der Waals surface area contributed by atoms with Gasteiger partial charge in [0, 0.05) is 5.69 Å². The summed E-state index contributed by atoms with van der Waals surface area (Å²) < 4.78 is 26.0.